The summed E-state index contributed by atoms with van der Waals surface area (Å²) >= 11 is 0. The Morgan fingerprint density at radius 3 is 2.91 bits per heavy atom. The van der Waals surface area contributed by atoms with E-state index in [4.69, 9.17) is 0 Å². The van der Waals surface area contributed by atoms with E-state index in [2.05, 4.69) is 11.9 Å². The summed E-state index contributed by atoms with van der Waals surface area (Å²) in [6.07, 6.45) is 1.57. The van der Waals surface area contributed by atoms with Crippen LogP contribution in [0.15, 0.2) is 12.2 Å². The first-order valence-corrected chi connectivity index (χ1v) is 4.08. The van der Waals surface area contributed by atoms with E-state index >= 15 is 0 Å². The minimum Gasteiger partial charge on any atom is -0.316 e. The van der Waals surface area contributed by atoms with Crippen molar-refractivity contribution in [2.24, 2.45) is 5.92 Å². The SMILES string of the molecule is C=C(C)CC(=O)[C@H]1CCNC1. The van der Waals surface area contributed by atoms with E-state index in [9.17, 15) is 4.79 Å². The first kappa shape index (κ1) is 8.47. The fraction of sp³-hybridized carbons (Fsp3) is 0.667. The van der Waals surface area contributed by atoms with Gasteiger partial charge in [0.05, 0.1) is 0 Å². The van der Waals surface area contributed by atoms with E-state index in [0.717, 1.165) is 25.1 Å². The molecule has 1 fully saturated rings. The van der Waals surface area contributed by atoms with Gasteiger partial charge >= 0.3 is 0 Å². The van der Waals surface area contributed by atoms with Crippen molar-refractivity contribution in [2.45, 2.75) is 19.8 Å². The third-order valence-electron chi connectivity index (χ3n) is 1.99. The molecule has 0 saturated carbocycles. The van der Waals surface area contributed by atoms with Crippen LogP contribution in [0.1, 0.15) is 19.8 Å². The molecule has 0 aliphatic carbocycles. The Hall–Kier alpha value is -0.630. The van der Waals surface area contributed by atoms with Crippen molar-refractivity contribution < 1.29 is 4.79 Å². The number of rotatable bonds is 3. The van der Waals surface area contributed by atoms with E-state index in [0.29, 0.717) is 12.2 Å². The third kappa shape index (κ3) is 2.46. The van der Waals surface area contributed by atoms with Crippen LogP contribution in [0, 0.1) is 5.92 Å². The molecule has 0 aromatic heterocycles. The van der Waals surface area contributed by atoms with Crippen LogP contribution in [0.5, 0.6) is 0 Å². The van der Waals surface area contributed by atoms with Crippen LogP contribution in [0.2, 0.25) is 0 Å². The zero-order valence-electron chi connectivity index (χ0n) is 7.02. The van der Waals surface area contributed by atoms with Gasteiger partial charge in [0.25, 0.3) is 0 Å². The van der Waals surface area contributed by atoms with Gasteiger partial charge in [-0.15, -0.1) is 0 Å². The van der Waals surface area contributed by atoms with Gasteiger partial charge in [0.2, 0.25) is 0 Å². The number of hydrogen-bond acceptors (Lipinski definition) is 2. The van der Waals surface area contributed by atoms with E-state index in [1.54, 1.807) is 0 Å². The van der Waals surface area contributed by atoms with E-state index < -0.39 is 0 Å². The summed E-state index contributed by atoms with van der Waals surface area (Å²) in [5, 5.41) is 3.18. The fourth-order valence-corrected chi connectivity index (χ4v) is 1.37. The molecule has 0 spiro atoms. The minimum absolute atomic E-state index is 0.256. The molecule has 62 valence electrons. The molecule has 1 aliphatic rings. The average Bonchev–Trinajstić information content (AvgIpc) is 2.35. The lowest BCUT2D eigenvalue weighted by Gasteiger charge is -2.05. The van der Waals surface area contributed by atoms with Gasteiger partial charge in [-0.25, -0.2) is 0 Å². The maximum absolute atomic E-state index is 11.4. The quantitative estimate of drug-likeness (QED) is 0.616. The first-order chi connectivity index (χ1) is 5.20. The van der Waals surface area contributed by atoms with Crippen molar-refractivity contribution in [1.82, 2.24) is 5.32 Å². The number of ketones is 1. The molecular formula is C9H15NO. The highest BCUT2D eigenvalue weighted by atomic mass is 16.1. The summed E-state index contributed by atoms with van der Waals surface area (Å²) in [4.78, 5) is 11.4. The van der Waals surface area contributed by atoms with Gasteiger partial charge in [-0.05, 0) is 19.9 Å². The lowest BCUT2D eigenvalue weighted by molar-refractivity contribution is -0.121. The molecule has 0 radical (unpaired) electrons. The molecule has 1 aliphatic heterocycles. The Morgan fingerprint density at radius 2 is 2.45 bits per heavy atom. The summed E-state index contributed by atoms with van der Waals surface area (Å²) in [5.41, 5.74) is 0.974. The summed E-state index contributed by atoms with van der Waals surface area (Å²) in [5.74, 6) is 0.606. The van der Waals surface area contributed by atoms with Crippen molar-refractivity contribution in [2.75, 3.05) is 13.1 Å². The van der Waals surface area contributed by atoms with Gasteiger partial charge in [-0.3, -0.25) is 4.79 Å². The minimum atomic E-state index is 0.256. The summed E-state index contributed by atoms with van der Waals surface area (Å²) in [6, 6.07) is 0. The van der Waals surface area contributed by atoms with Crippen molar-refractivity contribution in [3.63, 3.8) is 0 Å². The number of nitrogens with one attached hydrogen (secondary N) is 1. The lowest BCUT2D eigenvalue weighted by atomic mass is 9.98. The maximum atomic E-state index is 11.4. The zero-order valence-corrected chi connectivity index (χ0v) is 7.02. The van der Waals surface area contributed by atoms with Gasteiger partial charge in [-0.1, -0.05) is 12.2 Å². The van der Waals surface area contributed by atoms with Crippen LogP contribution in [-0.2, 0) is 4.79 Å². The van der Waals surface area contributed by atoms with E-state index in [1.807, 2.05) is 6.92 Å². The molecule has 0 bridgehead atoms. The molecule has 0 amide bonds. The van der Waals surface area contributed by atoms with E-state index in [-0.39, 0.29) is 5.92 Å². The average molecular weight is 153 g/mol. The molecule has 1 heterocycles. The molecule has 0 aromatic carbocycles. The third-order valence-corrected chi connectivity index (χ3v) is 1.99. The number of Topliss-reactive ketones (excluding diaryl/α,β-unsaturated/α-hetero) is 1. The summed E-state index contributed by atoms with van der Waals surface area (Å²) in [7, 11) is 0. The Bertz CT molecular complexity index is 168. The second kappa shape index (κ2) is 3.67. The van der Waals surface area contributed by atoms with E-state index in [1.165, 1.54) is 0 Å². The monoisotopic (exact) mass is 153 g/mol. The van der Waals surface area contributed by atoms with Crippen molar-refractivity contribution in [3.8, 4) is 0 Å². The predicted octanol–water partition coefficient (Wildman–Crippen LogP) is 1.13. The predicted molar refractivity (Wildman–Crippen MR) is 45.4 cm³/mol. The highest BCUT2D eigenvalue weighted by molar-refractivity contribution is 5.83. The standard InChI is InChI=1S/C9H15NO/c1-7(2)5-9(11)8-3-4-10-6-8/h8,10H,1,3-6H2,2H3/t8-/m0/s1. The molecule has 1 rings (SSSR count). The molecule has 1 N–H and O–H groups in total. The molecule has 2 heteroatoms. The van der Waals surface area contributed by atoms with Crippen LogP contribution >= 0.6 is 0 Å². The van der Waals surface area contributed by atoms with Gasteiger partial charge in [0.1, 0.15) is 5.78 Å². The van der Waals surface area contributed by atoms with Crippen molar-refractivity contribution >= 4 is 5.78 Å². The topological polar surface area (TPSA) is 29.1 Å². The largest absolute Gasteiger partial charge is 0.316 e. The summed E-state index contributed by atoms with van der Waals surface area (Å²) < 4.78 is 0. The van der Waals surface area contributed by atoms with Crippen LogP contribution in [0.25, 0.3) is 0 Å². The van der Waals surface area contributed by atoms with Crippen LogP contribution < -0.4 is 5.32 Å². The Morgan fingerprint density at radius 1 is 1.73 bits per heavy atom. The van der Waals surface area contributed by atoms with Gasteiger partial charge < -0.3 is 5.32 Å². The lowest BCUT2D eigenvalue weighted by Crippen LogP contribution is -2.17. The summed E-state index contributed by atoms with van der Waals surface area (Å²) in [6.45, 7) is 7.49. The highest BCUT2D eigenvalue weighted by Gasteiger charge is 2.21. The Balaban J connectivity index is 2.34. The van der Waals surface area contributed by atoms with Gasteiger partial charge in [0, 0.05) is 18.9 Å². The smallest absolute Gasteiger partial charge is 0.141 e. The number of hydrogen-bond donors (Lipinski definition) is 1. The second-order valence-corrected chi connectivity index (χ2v) is 3.29. The Kier molecular flexibility index (Phi) is 2.83. The number of carbonyl (C=O) groups excluding carboxylic acids is 1. The van der Waals surface area contributed by atoms with Gasteiger partial charge in [0.15, 0.2) is 0 Å². The molecule has 1 saturated heterocycles. The van der Waals surface area contributed by atoms with Crippen LogP contribution in [0.3, 0.4) is 0 Å². The van der Waals surface area contributed by atoms with Crippen LogP contribution in [0.4, 0.5) is 0 Å². The molecule has 11 heavy (non-hydrogen) atoms. The molecular weight excluding hydrogens is 138 g/mol. The highest BCUT2D eigenvalue weighted by Crippen LogP contribution is 2.12. The van der Waals surface area contributed by atoms with Crippen molar-refractivity contribution in [1.29, 1.82) is 0 Å². The number of carbonyl (C=O) groups is 1. The fourth-order valence-electron chi connectivity index (χ4n) is 1.37. The maximum Gasteiger partial charge on any atom is 0.141 e. The Labute approximate surface area is 67.7 Å². The molecule has 2 nitrogen and oxygen atoms in total. The molecule has 1 atom stereocenters. The van der Waals surface area contributed by atoms with Crippen molar-refractivity contribution in [3.05, 3.63) is 12.2 Å². The van der Waals surface area contributed by atoms with Crippen LogP contribution in [-0.4, -0.2) is 18.9 Å². The first-order valence-electron chi connectivity index (χ1n) is 4.08. The zero-order chi connectivity index (χ0) is 8.27. The second-order valence-electron chi connectivity index (χ2n) is 3.29. The molecule has 0 aromatic rings. The normalized spacial score (nSPS) is 23.5. The van der Waals surface area contributed by atoms with Gasteiger partial charge in [-0.2, -0.15) is 0 Å². The number of allylic oxidation sites excluding steroid dienone is 1. The molecule has 0 unspecified atom stereocenters.